The molecule has 0 atom stereocenters. The molecule has 0 radical (unpaired) electrons. The van der Waals surface area contributed by atoms with Crippen LogP contribution in [0.1, 0.15) is 47.5 Å². The summed E-state index contributed by atoms with van der Waals surface area (Å²) >= 11 is 0. The topological polar surface area (TPSA) is 36.1 Å². The molecule has 0 aliphatic carbocycles. The Bertz CT molecular complexity index is 213. The van der Waals surface area contributed by atoms with Gasteiger partial charge in [0.25, 0.3) is 0 Å². The van der Waals surface area contributed by atoms with Crippen LogP contribution < -0.4 is 0 Å². The van der Waals surface area contributed by atoms with E-state index in [1.807, 2.05) is 6.21 Å². The molecule has 0 aliphatic rings. The molecule has 0 bridgehead atoms. The maximum absolute atomic E-state index is 8.46. The van der Waals surface area contributed by atoms with Crippen molar-refractivity contribution in [3.05, 3.63) is 0 Å². The van der Waals surface area contributed by atoms with Gasteiger partial charge in [0.15, 0.2) is 0 Å². The van der Waals surface area contributed by atoms with Gasteiger partial charge in [0, 0.05) is 18.1 Å². The van der Waals surface area contributed by atoms with Crippen molar-refractivity contribution in [1.82, 2.24) is 0 Å². The number of aliphatic imine (C=N–C) groups is 1. The Balaban J connectivity index is 4.18. The highest BCUT2D eigenvalue weighted by Gasteiger charge is 2.16. The molecule has 0 saturated carbocycles. The maximum atomic E-state index is 8.46. The lowest BCUT2D eigenvalue weighted by Crippen LogP contribution is -2.17. The predicted octanol–water partition coefficient (Wildman–Crippen LogP) is 3.19. The zero-order valence-corrected chi connectivity index (χ0v) is 9.39. The fourth-order valence-electron chi connectivity index (χ4n) is 0.811. The molecule has 0 rings (SSSR count). The first-order valence-electron chi connectivity index (χ1n) is 4.70. The van der Waals surface area contributed by atoms with Crippen LogP contribution in [0.25, 0.3) is 0 Å². The highest BCUT2D eigenvalue weighted by atomic mass is 14.8. The molecule has 13 heavy (non-hydrogen) atoms. The van der Waals surface area contributed by atoms with Gasteiger partial charge in [-0.1, -0.05) is 13.8 Å². The number of nitrogens with zero attached hydrogens (tertiary/aromatic N) is 2. The van der Waals surface area contributed by atoms with E-state index in [-0.39, 0.29) is 11.0 Å². The average molecular weight is 180 g/mol. The van der Waals surface area contributed by atoms with E-state index in [9.17, 15) is 0 Å². The third-order valence-corrected chi connectivity index (χ3v) is 1.68. The van der Waals surface area contributed by atoms with Gasteiger partial charge in [0.05, 0.1) is 11.6 Å². The minimum Gasteiger partial charge on any atom is -0.291 e. The summed E-state index contributed by atoms with van der Waals surface area (Å²) in [6, 6.07) is 2.16. The van der Waals surface area contributed by atoms with E-state index in [4.69, 9.17) is 5.26 Å². The van der Waals surface area contributed by atoms with Gasteiger partial charge in [0.1, 0.15) is 0 Å². The first kappa shape index (κ1) is 12.2. The first-order chi connectivity index (χ1) is 5.77. The molecule has 2 heteroatoms. The molecule has 0 N–H and O–H groups in total. The number of hydrogen-bond donors (Lipinski definition) is 0. The van der Waals surface area contributed by atoms with Crippen molar-refractivity contribution in [3.8, 4) is 6.07 Å². The van der Waals surface area contributed by atoms with Crippen molar-refractivity contribution in [1.29, 1.82) is 5.26 Å². The second-order valence-electron chi connectivity index (χ2n) is 5.08. The third kappa shape index (κ3) is 7.52. The van der Waals surface area contributed by atoms with Crippen molar-refractivity contribution in [2.24, 2.45) is 10.4 Å². The van der Waals surface area contributed by atoms with Gasteiger partial charge in [-0.15, -0.1) is 0 Å². The molecular weight excluding hydrogens is 160 g/mol. The second-order valence-corrected chi connectivity index (χ2v) is 5.08. The van der Waals surface area contributed by atoms with Crippen molar-refractivity contribution < 1.29 is 0 Å². The van der Waals surface area contributed by atoms with E-state index in [1.54, 1.807) is 0 Å². The molecule has 0 saturated heterocycles. The molecule has 0 heterocycles. The molecular formula is C11H20N2. The number of nitriles is 1. The maximum Gasteiger partial charge on any atom is 0.0622 e. The van der Waals surface area contributed by atoms with Gasteiger partial charge < -0.3 is 0 Å². The van der Waals surface area contributed by atoms with Crippen LogP contribution in [0.15, 0.2) is 4.99 Å². The van der Waals surface area contributed by atoms with E-state index in [0.717, 1.165) is 6.42 Å². The second kappa shape index (κ2) is 4.41. The van der Waals surface area contributed by atoms with Gasteiger partial charge >= 0.3 is 0 Å². The van der Waals surface area contributed by atoms with Crippen molar-refractivity contribution in [2.75, 3.05) is 0 Å². The summed E-state index contributed by atoms with van der Waals surface area (Å²) in [5, 5.41) is 8.46. The largest absolute Gasteiger partial charge is 0.291 e. The summed E-state index contributed by atoms with van der Waals surface area (Å²) in [6.07, 6.45) is 3.45. The highest BCUT2D eigenvalue weighted by molar-refractivity contribution is 5.65. The van der Waals surface area contributed by atoms with Gasteiger partial charge in [-0.3, -0.25) is 4.99 Å². The summed E-state index contributed by atoms with van der Waals surface area (Å²) in [7, 11) is 0. The molecule has 0 unspecified atom stereocenters. The summed E-state index contributed by atoms with van der Waals surface area (Å²) in [5.41, 5.74) is 0.0346. The monoisotopic (exact) mass is 180 g/mol. The normalized spacial score (nSPS) is 13.2. The standard InChI is InChI=1S/C11H20N2/c1-10(2,3)13-9-11(4,5)7-6-8-12/h9H,6-7H2,1-5H3. The summed E-state index contributed by atoms with van der Waals surface area (Å²) in [5.74, 6) is 0. The van der Waals surface area contributed by atoms with Gasteiger partial charge in [-0.05, 0) is 27.2 Å². The average Bonchev–Trinajstić information content (AvgIpc) is 1.97. The van der Waals surface area contributed by atoms with Crippen LogP contribution in [0, 0.1) is 16.7 Å². The highest BCUT2D eigenvalue weighted by Crippen LogP contribution is 2.20. The number of hydrogen-bond acceptors (Lipinski definition) is 2. The first-order valence-corrected chi connectivity index (χ1v) is 4.70. The lowest BCUT2D eigenvalue weighted by molar-refractivity contribution is 0.482. The van der Waals surface area contributed by atoms with Crippen LogP contribution in [0.5, 0.6) is 0 Å². The fourth-order valence-corrected chi connectivity index (χ4v) is 0.811. The van der Waals surface area contributed by atoms with Crippen LogP contribution in [0.3, 0.4) is 0 Å². The predicted molar refractivity (Wildman–Crippen MR) is 56.9 cm³/mol. The van der Waals surface area contributed by atoms with Gasteiger partial charge in [-0.2, -0.15) is 5.26 Å². The lowest BCUT2D eigenvalue weighted by Gasteiger charge is -2.20. The Morgan fingerprint density at radius 3 is 2.15 bits per heavy atom. The molecule has 0 fully saturated rings. The van der Waals surface area contributed by atoms with Crippen LogP contribution in [0.2, 0.25) is 0 Å². The molecule has 0 aromatic rings. The van der Waals surface area contributed by atoms with E-state index < -0.39 is 0 Å². The van der Waals surface area contributed by atoms with Crippen molar-refractivity contribution in [3.63, 3.8) is 0 Å². The minimum atomic E-state index is -0.0100. The molecule has 74 valence electrons. The molecule has 0 amide bonds. The van der Waals surface area contributed by atoms with E-state index in [2.05, 4.69) is 45.7 Å². The van der Waals surface area contributed by atoms with Gasteiger partial charge in [0.2, 0.25) is 0 Å². The van der Waals surface area contributed by atoms with Crippen LogP contribution in [0.4, 0.5) is 0 Å². The van der Waals surface area contributed by atoms with Crippen LogP contribution >= 0.6 is 0 Å². The molecule has 0 aliphatic heterocycles. The fraction of sp³-hybridized carbons (Fsp3) is 0.818. The molecule has 0 aromatic heterocycles. The lowest BCUT2D eigenvalue weighted by atomic mass is 9.89. The SMILES string of the molecule is CC(C)(C=NC(C)(C)C)CCC#N. The Hall–Kier alpha value is -0.840. The van der Waals surface area contributed by atoms with Crippen LogP contribution in [-0.4, -0.2) is 11.8 Å². The Morgan fingerprint density at radius 2 is 1.77 bits per heavy atom. The molecule has 0 aromatic carbocycles. The van der Waals surface area contributed by atoms with Crippen molar-refractivity contribution in [2.45, 2.75) is 53.0 Å². The Kier molecular flexibility index (Phi) is 4.13. The number of rotatable bonds is 3. The quantitative estimate of drug-likeness (QED) is 0.614. The summed E-state index contributed by atoms with van der Waals surface area (Å²) in [4.78, 5) is 4.45. The smallest absolute Gasteiger partial charge is 0.0622 e. The third-order valence-electron chi connectivity index (χ3n) is 1.68. The van der Waals surface area contributed by atoms with E-state index in [0.29, 0.717) is 6.42 Å². The summed E-state index contributed by atoms with van der Waals surface area (Å²) in [6.45, 7) is 10.4. The van der Waals surface area contributed by atoms with E-state index in [1.165, 1.54) is 0 Å². The van der Waals surface area contributed by atoms with E-state index >= 15 is 0 Å². The Labute approximate surface area is 81.7 Å². The van der Waals surface area contributed by atoms with Crippen molar-refractivity contribution >= 4 is 6.21 Å². The Morgan fingerprint density at radius 1 is 1.23 bits per heavy atom. The summed E-state index contributed by atoms with van der Waals surface area (Å²) < 4.78 is 0. The van der Waals surface area contributed by atoms with Crippen LogP contribution in [-0.2, 0) is 0 Å². The zero-order valence-electron chi connectivity index (χ0n) is 9.39. The molecule has 0 spiro atoms. The van der Waals surface area contributed by atoms with Gasteiger partial charge in [-0.25, -0.2) is 0 Å². The zero-order chi connectivity index (χ0) is 10.5. The molecule has 2 nitrogen and oxygen atoms in total. The minimum absolute atomic E-state index is 0.0100.